The Labute approximate surface area is 91.5 Å². The highest BCUT2D eigenvalue weighted by molar-refractivity contribution is 7.98. The second-order valence-electron chi connectivity index (χ2n) is 2.49. The number of hydrogen-bond donors (Lipinski definition) is 1. The normalized spacial score (nSPS) is 9.86. The topological polar surface area (TPSA) is 54.9 Å². The molecule has 1 rings (SSSR count). The van der Waals surface area contributed by atoms with Gasteiger partial charge in [-0.3, -0.25) is 10.1 Å². The lowest BCUT2D eigenvalue weighted by molar-refractivity contribution is -0.115. The summed E-state index contributed by atoms with van der Waals surface area (Å²) in [6, 6.07) is 1.55. The maximum absolute atomic E-state index is 11.2. The van der Waals surface area contributed by atoms with Gasteiger partial charge in [0.05, 0.1) is 0 Å². The summed E-state index contributed by atoms with van der Waals surface area (Å²) >= 11 is 7.24. The van der Waals surface area contributed by atoms with Gasteiger partial charge in [-0.05, 0) is 12.3 Å². The number of carbonyl (C=O) groups is 1. The zero-order valence-electron chi connectivity index (χ0n) is 7.66. The third-order valence-corrected chi connectivity index (χ3v) is 2.23. The standard InChI is InChI=1S/C8H10ClN3OS/c1-14-5-3-7(13)12-8-10-4-2-6(9)11-8/h2,4H,3,5H2,1H3,(H,10,11,12,13). The molecule has 1 N–H and O–H groups in total. The minimum absolute atomic E-state index is 0.0957. The lowest BCUT2D eigenvalue weighted by atomic mass is 10.4. The number of amides is 1. The van der Waals surface area contributed by atoms with E-state index in [4.69, 9.17) is 11.6 Å². The molecule has 0 radical (unpaired) electrons. The third-order valence-electron chi connectivity index (χ3n) is 1.41. The van der Waals surface area contributed by atoms with Crippen molar-refractivity contribution in [2.45, 2.75) is 6.42 Å². The summed E-state index contributed by atoms with van der Waals surface area (Å²) < 4.78 is 0. The maximum Gasteiger partial charge on any atom is 0.230 e. The Morgan fingerprint density at radius 3 is 3.14 bits per heavy atom. The number of rotatable bonds is 4. The highest BCUT2D eigenvalue weighted by atomic mass is 35.5. The lowest BCUT2D eigenvalue weighted by Crippen LogP contribution is -2.14. The van der Waals surface area contributed by atoms with Crippen LogP contribution >= 0.6 is 23.4 Å². The minimum atomic E-state index is -0.0957. The molecule has 76 valence electrons. The van der Waals surface area contributed by atoms with Crippen LogP contribution in [0.15, 0.2) is 12.3 Å². The van der Waals surface area contributed by atoms with Crippen LogP contribution in [0.2, 0.25) is 5.15 Å². The van der Waals surface area contributed by atoms with Crippen molar-refractivity contribution in [3.8, 4) is 0 Å². The van der Waals surface area contributed by atoms with E-state index in [0.717, 1.165) is 5.75 Å². The maximum atomic E-state index is 11.2. The molecule has 0 aliphatic heterocycles. The van der Waals surface area contributed by atoms with Gasteiger partial charge in [-0.15, -0.1) is 0 Å². The number of halogens is 1. The fourth-order valence-corrected chi connectivity index (χ4v) is 1.30. The molecule has 6 heteroatoms. The van der Waals surface area contributed by atoms with E-state index in [1.165, 1.54) is 6.20 Å². The summed E-state index contributed by atoms with van der Waals surface area (Å²) in [5, 5.41) is 2.88. The van der Waals surface area contributed by atoms with Crippen molar-refractivity contribution >= 4 is 35.2 Å². The average molecular weight is 232 g/mol. The second kappa shape index (κ2) is 5.82. The van der Waals surface area contributed by atoms with Crippen molar-refractivity contribution < 1.29 is 4.79 Å². The number of aromatic nitrogens is 2. The van der Waals surface area contributed by atoms with E-state index < -0.39 is 0 Å². The van der Waals surface area contributed by atoms with Crippen LogP contribution in [0.3, 0.4) is 0 Å². The van der Waals surface area contributed by atoms with E-state index in [9.17, 15) is 4.79 Å². The van der Waals surface area contributed by atoms with Gasteiger partial charge >= 0.3 is 0 Å². The predicted octanol–water partition coefficient (Wildman–Crippen LogP) is 1.82. The molecule has 0 saturated heterocycles. The van der Waals surface area contributed by atoms with E-state index in [0.29, 0.717) is 11.6 Å². The molecule has 0 saturated carbocycles. The largest absolute Gasteiger partial charge is 0.294 e. The molecule has 0 unspecified atom stereocenters. The van der Waals surface area contributed by atoms with E-state index in [1.54, 1.807) is 17.8 Å². The van der Waals surface area contributed by atoms with E-state index in [-0.39, 0.29) is 11.9 Å². The number of carbonyl (C=O) groups excluding carboxylic acids is 1. The molecular formula is C8H10ClN3OS. The first-order chi connectivity index (χ1) is 6.72. The Bertz CT molecular complexity index is 321. The second-order valence-corrected chi connectivity index (χ2v) is 3.87. The summed E-state index contributed by atoms with van der Waals surface area (Å²) in [5.74, 6) is 0.942. The molecule has 1 aromatic heterocycles. The Kier molecular flexibility index (Phi) is 4.69. The van der Waals surface area contributed by atoms with E-state index in [1.807, 2.05) is 6.26 Å². The van der Waals surface area contributed by atoms with Gasteiger partial charge in [-0.1, -0.05) is 11.6 Å². The predicted molar refractivity (Wildman–Crippen MR) is 58.7 cm³/mol. The van der Waals surface area contributed by atoms with Crippen LogP contribution in [0.5, 0.6) is 0 Å². The van der Waals surface area contributed by atoms with Gasteiger partial charge in [0.2, 0.25) is 11.9 Å². The number of nitrogens with zero attached hydrogens (tertiary/aromatic N) is 2. The summed E-state index contributed by atoms with van der Waals surface area (Å²) in [7, 11) is 0. The van der Waals surface area contributed by atoms with Gasteiger partial charge in [-0.25, -0.2) is 9.97 Å². The molecule has 14 heavy (non-hydrogen) atoms. The van der Waals surface area contributed by atoms with Gasteiger partial charge in [-0.2, -0.15) is 11.8 Å². The van der Waals surface area contributed by atoms with E-state index in [2.05, 4.69) is 15.3 Å². The summed E-state index contributed by atoms with van der Waals surface area (Å²) in [6.07, 6.45) is 3.90. The first-order valence-corrected chi connectivity index (χ1v) is 5.77. The SMILES string of the molecule is CSCCC(=O)Nc1nccc(Cl)n1. The van der Waals surface area contributed by atoms with Crippen LogP contribution in [0.4, 0.5) is 5.95 Å². The Morgan fingerprint density at radius 2 is 2.50 bits per heavy atom. The summed E-state index contributed by atoms with van der Waals surface area (Å²) in [5.41, 5.74) is 0. The Morgan fingerprint density at radius 1 is 1.71 bits per heavy atom. The molecule has 0 spiro atoms. The monoisotopic (exact) mass is 231 g/mol. The first kappa shape index (κ1) is 11.3. The molecule has 4 nitrogen and oxygen atoms in total. The fraction of sp³-hybridized carbons (Fsp3) is 0.375. The van der Waals surface area contributed by atoms with Crippen LogP contribution < -0.4 is 5.32 Å². The fourth-order valence-electron chi connectivity index (χ4n) is 0.779. The third kappa shape index (κ3) is 3.93. The molecule has 0 bridgehead atoms. The van der Waals surface area contributed by atoms with Crippen molar-refractivity contribution in [3.05, 3.63) is 17.4 Å². The van der Waals surface area contributed by atoms with Crippen LogP contribution in [0.25, 0.3) is 0 Å². The van der Waals surface area contributed by atoms with E-state index >= 15 is 0 Å². The molecule has 1 aromatic rings. The average Bonchev–Trinajstić information content (AvgIpc) is 2.15. The quantitative estimate of drug-likeness (QED) is 0.804. The Hall–Kier alpha value is -0.810. The highest BCUT2D eigenvalue weighted by Crippen LogP contribution is 2.06. The van der Waals surface area contributed by atoms with Crippen molar-refractivity contribution in [2.75, 3.05) is 17.3 Å². The van der Waals surface area contributed by atoms with Crippen molar-refractivity contribution in [1.29, 1.82) is 0 Å². The molecular weight excluding hydrogens is 222 g/mol. The molecule has 0 atom stereocenters. The van der Waals surface area contributed by atoms with Crippen molar-refractivity contribution in [1.82, 2.24) is 9.97 Å². The summed E-state index contributed by atoms with van der Waals surface area (Å²) in [4.78, 5) is 18.9. The van der Waals surface area contributed by atoms with Crippen LogP contribution in [0.1, 0.15) is 6.42 Å². The summed E-state index contributed by atoms with van der Waals surface area (Å²) in [6.45, 7) is 0. The van der Waals surface area contributed by atoms with Crippen LogP contribution in [0, 0.1) is 0 Å². The number of thioether (sulfide) groups is 1. The first-order valence-electron chi connectivity index (χ1n) is 3.99. The molecule has 0 aromatic carbocycles. The molecule has 0 fully saturated rings. The van der Waals surface area contributed by atoms with Crippen LogP contribution in [-0.4, -0.2) is 27.9 Å². The van der Waals surface area contributed by atoms with Gasteiger partial charge in [0.1, 0.15) is 5.15 Å². The zero-order chi connectivity index (χ0) is 10.4. The van der Waals surface area contributed by atoms with Crippen LogP contribution in [-0.2, 0) is 4.79 Å². The highest BCUT2D eigenvalue weighted by Gasteiger charge is 2.03. The number of anilines is 1. The zero-order valence-corrected chi connectivity index (χ0v) is 9.23. The minimum Gasteiger partial charge on any atom is -0.294 e. The molecule has 0 aliphatic carbocycles. The van der Waals surface area contributed by atoms with Crippen molar-refractivity contribution in [3.63, 3.8) is 0 Å². The van der Waals surface area contributed by atoms with Crippen molar-refractivity contribution in [2.24, 2.45) is 0 Å². The number of hydrogen-bond acceptors (Lipinski definition) is 4. The molecule has 1 heterocycles. The van der Waals surface area contributed by atoms with Gasteiger partial charge in [0.15, 0.2) is 0 Å². The smallest absolute Gasteiger partial charge is 0.230 e. The molecule has 0 aliphatic rings. The van der Waals surface area contributed by atoms with Gasteiger partial charge < -0.3 is 0 Å². The van der Waals surface area contributed by atoms with Gasteiger partial charge in [0, 0.05) is 18.4 Å². The molecule has 1 amide bonds. The van der Waals surface area contributed by atoms with Gasteiger partial charge in [0.25, 0.3) is 0 Å². The lowest BCUT2D eigenvalue weighted by Gasteiger charge is -2.01. The number of nitrogens with one attached hydrogen (secondary N) is 1. The Balaban J connectivity index is 2.47.